The van der Waals surface area contributed by atoms with Gasteiger partial charge in [0, 0.05) is 19.1 Å². The van der Waals surface area contributed by atoms with Crippen molar-refractivity contribution in [2.45, 2.75) is 32.6 Å². The van der Waals surface area contributed by atoms with Crippen LogP contribution in [0.5, 0.6) is 0 Å². The molecule has 1 aromatic heterocycles. The predicted molar refractivity (Wildman–Crippen MR) is 79.9 cm³/mol. The third-order valence-corrected chi connectivity index (χ3v) is 3.98. The Morgan fingerprint density at radius 1 is 1.33 bits per heavy atom. The van der Waals surface area contributed by atoms with Gasteiger partial charge in [-0.05, 0) is 51.3 Å². The van der Waals surface area contributed by atoms with Crippen LogP contribution in [0.3, 0.4) is 0 Å². The smallest absolute Gasteiger partial charge is 0.331 e. The zero-order chi connectivity index (χ0) is 15.8. The molecule has 2 rings (SSSR count). The standard InChI is InChI=1S/C14H18F3N3S/c1-9(2)19(3)6-7-20-12-5-4-10(14(15,16)17)8-11(12)18-13(20)21/h4-5,8-9H,6-7H2,1-3H3,(H,18,21). The van der Waals surface area contributed by atoms with E-state index >= 15 is 0 Å². The van der Waals surface area contributed by atoms with Crippen LogP contribution < -0.4 is 0 Å². The van der Waals surface area contributed by atoms with Gasteiger partial charge in [-0.2, -0.15) is 13.2 Å². The van der Waals surface area contributed by atoms with E-state index in [2.05, 4.69) is 23.7 Å². The van der Waals surface area contributed by atoms with Crippen molar-refractivity contribution in [2.24, 2.45) is 0 Å². The Morgan fingerprint density at radius 2 is 2.00 bits per heavy atom. The Labute approximate surface area is 126 Å². The van der Waals surface area contributed by atoms with Crippen LogP contribution in [0.25, 0.3) is 11.0 Å². The molecule has 0 spiro atoms. The molecule has 0 unspecified atom stereocenters. The molecule has 0 atom stereocenters. The second-order valence-electron chi connectivity index (χ2n) is 5.39. The van der Waals surface area contributed by atoms with E-state index in [0.29, 0.717) is 28.4 Å². The van der Waals surface area contributed by atoms with Crippen LogP contribution in [-0.2, 0) is 12.7 Å². The van der Waals surface area contributed by atoms with E-state index < -0.39 is 11.7 Å². The SMILES string of the molecule is CC(C)N(C)CCn1c(=S)[nH]c2cc(C(F)(F)F)ccc21. The second kappa shape index (κ2) is 5.81. The Balaban J connectivity index is 2.33. The van der Waals surface area contributed by atoms with Crippen LogP contribution in [0.15, 0.2) is 18.2 Å². The van der Waals surface area contributed by atoms with Gasteiger partial charge in [0.25, 0.3) is 0 Å². The fourth-order valence-corrected chi connectivity index (χ4v) is 2.38. The lowest BCUT2D eigenvalue weighted by molar-refractivity contribution is -0.137. The largest absolute Gasteiger partial charge is 0.416 e. The van der Waals surface area contributed by atoms with Gasteiger partial charge in [0.15, 0.2) is 4.77 Å². The molecule has 0 bridgehead atoms. The highest BCUT2D eigenvalue weighted by atomic mass is 32.1. The van der Waals surface area contributed by atoms with Crippen molar-refractivity contribution in [3.05, 3.63) is 28.5 Å². The Kier molecular flexibility index (Phi) is 4.43. The minimum atomic E-state index is -4.34. The lowest BCUT2D eigenvalue weighted by Gasteiger charge is -2.21. The summed E-state index contributed by atoms with van der Waals surface area (Å²) < 4.78 is 40.4. The van der Waals surface area contributed by atoms with Crippen molar-refractivity contribution >= 4 is 23.3 Å². The number of hydrogen-bond donors (Lipinski definition) is 1. The summed E-state index contributed by atoms with van der Waals surface area (Å²) in [5.41, 5.74) is 0.449. The minimum absolute atomic E-state index is 0.404. The number of aromatic nitrogens is 2. The topological polar surface area (TPSA) is 24.0 Å². The average Bonchev–Trinajstić information content (AvgIpc) is 2.69. The molecule has 116 valence electrons. The van der Waals surface area contributed by atoms with Crippen LogP contribution in [0.4, 0.5) is 13.2 Å². The third kappa shape index (κ3) is 3.47. The molecule has 7 heteroatoms. The van der Waals surface area contributed by atoms with Gasteiger partial charge in [0.05, 0.1) is 16.6 Å². The van der Waals surface area contributed by atoms with Crippen LogP contribution in [-0.4, -0.2) is 34.1 Å². The summed E-state index contributed by atoms with van der Waals surface area (Å²) in [6.07, 6.45) is -4.34. The first-order chi connectivity index (χ1) is 9.70. The van der Waals surface area contributed by atoms with Crippen molar-refractivity contribution in [1.29, 1.82) is 0 Å². The van der Waals surface area contributed by atoms with E-state index in [1.165, 1.54) is 6.07 Å². The number of alkyl halides is 3. The van der Waals surface area contributed by atoms with E-state index in [9.17, 15) is 13.2 Å². The summed E-state index contributed by atoms with van der Waals surface area (Å²) in [6, 6.07) is 4.07. The summed E-state index contributed by atoms with van der Waals surface area (Å²) >= 11 is 5.21. The highest BCUT2D eigenvalue weighted by Crippen LogP contribution is 2.31. The molecule has 0 fully saturated rings. The number of halogens is 3. The van der Waals surface area contributed by atoms with Crippen molar-refractivity contribution in [2.75, 3.05) is 13.6 Å². The maximum absolute atomic E-state index is 12.7. The molecule has 0 aliphatic heterocycles. The molecule has 1 N–H and O–H groups in total. The summed E-state index contributed by atoms with van der Waals surface area (Å²) in [6.45, 7) is 5.59. The quantitative estimate of drug-likeness (QED) is 0.860. The van der Waals surface area contributed by atoms with E-state index in [-0.39, 0.29) is 0 Å². The monoisotopic (exact) mass is 317 g/mol. The molecule has 0 aliphatic rings. The van der Waals surface area contributed by atoms with E-state index in [0.717, 1.165) is 18.7 Å². The number of imidazole rings is 1. The van der Waals surface area contributed by atoms with Crippen molar-refractivity contribution in [3.63, 3.8) is 0 Å². The highest BCUT2D eigenvalue weighted by Gasteiger charge is 2.30. The number of hydrogen-bond acceptors (Lipinski definition) is 2. The number of likely N-dealkylation sites (N-methyl/N-ethyl adjacent to an activating group) is 1. The van der Waals surface area contributed by atoms with Crippen LogP contribution in [0.1, 0.15) is 19.4 Å². The van der Waals surface area contributed by atoms with Gasteiger partial charge in [-0.1, -0.05) is 0 Å². The molecule has 0 saturated carbocycles. The Hall–Kier alpha value is -1.34. The average molecular weight is 317 g/mol. The number of nitrogens with one attached hydrogen (secondary N) is 1. The van der Waals surface area contributed by atoms with Gasteiger partial charge in [0.2, 0.25) is 0 Å². The Morgan fingerprint density at radius 3 is 2.57 bits per heavy atom. The fourth-order valence-electron chi connectivity index (χ4n) is 2.08. The normalized spacial score (nSPS) is 12.8. The number of nitrogens with zero attached hydrogens (tertiary/aromatic N) is 2. The van der Waals surface area contributed by atoms with E-state index in [4.69, 9.17) is 12.2 Å². The molecule has 2 aromatic rings. The summed E-state index contributed by atoms with van der Waals surface area (Å²) in [5, 5.41) is 0. The number of aromatic amines is 1. The molecular weight excluding hydrogens is 299 g/mol. The van der Waals surface area contributed by atoms with Gasteiger partial charge in [-0.15, -0.1) is 0 Å². The fraction of sp³-hybridized carbons (Fsp3) is 0.500. The second-order valence-corrected chi connectivity index (χ2v) is 5.77. The lowest BCUT2D eigenvalue weighted by atomic mass is 10.2. The molecule has 1 aromatic carbocycles. The molecular formula is C14H18F3N3S. The van der Waals surface area contributed by atoms with E-state index in [1.54, 1.807) is 0 Å². The molecule has 21 heavy (non-hydrogen) atoms. The van der Waals surface area contributed by atoms with Gasteiger partial charge in [-0.25, -0.2) is 0 Å². The molecule has 0 aliphatic carbocycles. The molecule has 1 heterocycles. The molecule has 0 saturated heterocycles. The lowest BCUT2D eigenvalue weighted by Crippen LogP contribution is -2.29. The minimum Gasteiger partial charge on any atom is -0.331 e. The zero-order valence-corrected chi connectivity index (χ0v) is 13.0. The first-order valence-electron chi connectivity index (χ1n) is 6.70. The van der Waals surface area contributed by atoms with Crippen molar-refractivity contribution < 1.29 is 13.2 Å². The summed E-state index contributed by atoms with van der Waals surface area (Å²) in [5.74, 6) is 0. The van der Waals surface area contributed by atoms with Gasteiger partial charge < -0.3 is 14.5 Å². The molecule has 0 amide bonds. The number of rotatable bonds is 4. The predicted octanol–water partition coefficient (Wildman–Crippen LogP) is 4.06. The summed E-state index contributed by atoms with van der Waals surface area (Å²) in [7, 11) is 2.00. The van der Waals surface area contributed by atoms with Crippen LogP contribution >= 0.6 is 12.2 Å². The molecule has 0 radical (unpaired) electrons. The zero-order valence-electron chi connectivity index (χ0n) is 12.2. The third-order valence-electron chi connectivity index (χ3n) is 3.66. The van der Waals surface area contributed by atoms with Gasteiger partial charge in [-0.3, -0.25) is 0 Å². The van der Waals surface area contributed by atoms with Gasteiger partial charge in [0.1, 0.15) is 0 Å². The summed E-state index contributed by atoms with van der Waals surface area (Å²) in [4.78, 5) is 5.01. The number of fused-ring (bicyclic) bond motifs is 1. The first-order valence-corrected chi connectivity index (χ1v) is 7.11. The first kappa shape index (κ1) is 16.0. The van der Waals surface area contributed by atoms with Crippen molar-refractivity contribution in [1.82, 2.24) is 14.5 Å². The maximum atomic E-state index is 12.7. The molecule has 3 nitrogen and oxygen atoms in total. The van der Waals surface area contributed by atoms with E-state index in [1.807, 2.05) is 11.6 Å². The number of benzene rings is 1. The van der Waals surface area contributed by atoms with Gasteiger partial charge >= 0.3 is 6.18 Å². The Bertz CT molecular complexity index is 685. The highest BCUT2D eigenvalue weighted by molar-refractivity contribution is 7.71. The van der Waals surface area contributed by atoms with Crippen molar-refractivity contribution in [3.8, 4) is 0 Å². The van der Waals surface area contributed by atoms with Crippen LogP contribution in [0, 0.1) is 4.77 Å². The number of H-pyrrole nitrogens is 1. The maximum Gasteiger partial charge on any atom is 0.416 e. The van der Waals surface area contributed by atoms with Crippen LogP contribution in [0.2, 0.25) is 0 Å².